The largest absolute Gasteiger partial charge is 0.377 e. The second-order valence-corrected chi connectivity index (χ2v) is 10.0. The van der Waals surface area contributed by atoms with Gasteiger partial charge in [-0.3, -0.25) is 4.90 Å². The van der Waals surface area contributed by atoms with Crippen LogP contribution in [0.1, 0.15) is 79.1 Å². The van der Waals surface area contributed by atoms with Crippen LogP contribution in [-0.4, -0.2) is 86.3 Å². The van der Waals surface area contributed by atoms with Gasteiger partial charge >= 0.3 is 0 Å². The van der Waals surface area contributed by atoms with Crippen LogP contribution >= 0.6 is 0 Å². The third-order valence-corrected chi connectivity index (χ3v) is 7.36. The molecule has 0 aromatic heterocycles. The molecule has 2 aliphatic rings. The number of hydrogen-bond donors (Lipinski definition) is 0. The first kappa shape index (κ1) is 25.1. The lowest BCUT2D eigenvalue weighted by molar-refractivity contribution is -0.0548. The van der Waals surface area contributed by atoms with E-state index in [1.54, 1.807) is 0 Å². The van der Waals surface area contributed by atoms with Gasteiger partial charge in [-0.15, -0.1) is 0 Å². The summed E-state index contributed by atoms with van der Waals surface area (Å²) < 4.78 is 6.19. The van der Waals surface area contributed by atoms with Gasteiger partial charge in [0.05, 0.1) is 12.7 Å². The van der Waals surface area contributed by atoms with E-state index in [9.17, 15) is 0 Å². The van der Waals surface area contributed by atoms with Gasteiger partial charge in [0.15, 0.2) is 0 Å². The third kappa shape index (κ3) is 9.25. The zero-order chi connectivity index (χ0) is 21.1. The number of hydrogen-bond acceptors (Lipinski definition) is 4. The Morgan fingerprint density at radius 3 is 2.28 bits per heavy atom. The second-order valence-electron chi connectivity index (χ2n) is 10.0. The third-order valence-electron chi connectivity index (χ3n) is 7.36. The Hall–Kier alpha value is -0.160. The van der Waals surface area contributed by atoms with Gasteiger partial charge < -0.3 is 14.5 Å². The number of ether oxygens (including phenoxy) is 1. The molecule has 0 aromatic rings. The molecule has 1 saturated heterocycles. The van der Waals surface area contributed by atoms with Crippen LogP contribution in [-0.2, 0) is 4.74 Å². The average molecular weight is 410 g/mol. The molecule has 4 heteroatoms. The maximum absolute atomic E-state index is 6.19. The molecule has 1 aliphatic carbocycles. The highest BCUT2D eigenvalue weighted by Crippen LogP contribution is 2.28. The molecule has 2 unspecified atom stereocenters. The molecule has 0 aromatic carbocycles. The Bertz CT molecular complexity index is 405. The Morgan fingerprint density at radius 2 is 1.66 bits per heavy atom. The zero-order valence-corrected chi connectivity index (χ0v) is 20.4. The van der Waals surface area contributed by atoms with E-state index in [-0.39, 0.29) is 0 Å². The van der Waals surface area contributed by atoms with Gasteiger partial charge in [0.1, 0.15) is 0 Å². The molecule has 0 amide bonds. The van der Waals surface area contributed by atoms with E-state index < -0.39 is 0 Å². The van der Waals surface area contributed by atoms with Crippen LogP contribution < -0.4 is 0 Å². The highest BCUT2D eigenvalue weighted by atomic mass is 16.5. The molecule has 4 nitrogen and oxygen atoms in total. The monoisotopic (exact) mass is 409 g/mol. The molecule has 0 N–H and O–H groups in total. The first-order valence-electron chi connectivity index (χ1n) is 12.8. The molecule has 2 fully saturated rings. The fourth-order valence-electron chi connectivity index (χ4n) is 5.06. The summed E-state index contributed by atoms with van der Waals surface area (Å²) in [6.45, 7) is 18.9. The summed E-state index contributed by atoms with van der Waals surface area (Å²) in [6, 6.07) is 0.752. The number of piperazine rings is 1. The van der Waals surface area contributed by atoms with Crippen molar-refractivity contribution >= 4 is 0 Å². The van der Waals surface area contributed by atoms with Crippen molar-refractivity contribution in [1.82, 2.24) is 14.7 Å². The van der Waals surface area contributed by atoms with E-state index in [4.69, 9.17) is 4.74 Å². The smallest absolute Gasteiger partial charge is 0.0605 e. The fourth-order valence-corrected chi connectivity index (χ4v) is 5.06. The minimum absolute atomic E-state index is 0.508. The zero-order valence-electron chi connectivity index (χ0n) is 20.4. The van der Waals surface area contributed by atoms with Crippen LogP contribution in [0.3, 0.4) is 0 Å². The summed E-state index contributed by atoms with van der Waals surface area (Å²) in [5.41, 5.74) is 0. The quantitative estimate of drug-likeness (QED) is 0.389. The molecule has 0 radical (unpaired) electrons. The van der Waals surface area contributed by atoms with Crippen molar-refractivity contribution in [3.63, 3.8) is 0 Å². The van der Waals surface area contributed by atoms with Crippen molar-refractivity contribution in [3.8, 4) is 0 Å². The number of nitrogens with zero attached hydrogens (tertiary/aromatic N) is 3. The molecule has 0 spiro atoms. The molecule has 2 atom stereocenters. The summed E-state index contributed by atoms with van der Waals surface area (Å²) in [7, 11) is 2.31. The van der Waals surface area contributed by atoms with Crippen LogP contribution in [0, 0.1) is 11.8 Å². The van der Waals surface area contributed by atoms with Gasteiger partial charge in [-0.05, 0) is 44.6 Å². The maximum atomic E-state index is 6.19. The van der Waals surface area contributed by atoms with E-state index in [0.717, 1.165) is 31.0 Å². The standard InChI is InChI=1S/C25H51N3O/c1-6-9-11-22(4)20-26(5)24-18-25(19-24)29-17-16-27-12-14-28(15-13-27)21-23(8-3)10-7-2/h22-25H,6-21H2,1-5H3/t22?,23?,24-,25-. The van der Waals surface area contributed by atoms with Crippen LogP contribution in [0.4, 0.5) is 0 Å². The Labute approximate surface area is 182 Å². The first-order chi connectivity index (χ1) is 14.0. The van der Waals surface area contributed by atoms with Crippen molar-refractivity contribution in [2.75, 3.05) is 59.5 Å². The summed E-state index contributed by atoms with van der Waals surface area (Å²) >= 11 is 0. The topological polar surface area (TPSA) is 19.0 Å². The summed E-state index contributed by atoms with van der Waals surface area (Å²) in [4.78, 5) is 7.88. The highest BCUT2D eigenvalue weighted by molar-refractivity contribution is 4.87. The lowest BCUT2D eigenvalue weighted by atomic mass is 9.87. The minimum Gasteiger partial charge on any atom is -0.377 e. The van der Waals surface area contributed by atoms with Crippen molar-refractivity contribution < 1.29 is 4.74 Å². The summed E-state index contributed by atoms with van der Waals surface area (Å²) in [5, 5.41) is 0. The molecular weight excluding hydrogens is 358 g/mol. The van der Waals surface area contributed by atoms with Crippen LogP contribution in [0.15, 0.2) is 0 Å². The van der Waals surface area contributed by atoms with Gasteiger partial charge in [0, 0.05) is 51.9 Å². The predicted octanol–water partition coefficient (Wildman–Crippen LogP) is 4.74. The number of unbranched alkanes of at least 4 members (excludes halogenated alkanes) is 1. The van der Waals surface area contributed by atoms with Crippen molar-refractivity contribution in [2.24, 2.45) is 11.8 Å². The second kappa shape index (κ2) is 14.0. The summed E-state index contributed by atoms with van der Waals surface area (Å²) in [6.07, 6.45) is 11.1. The minimum atomic E-state index is 0.508. The number of rotatable bonds is 15. The summed E-state index contributed by atoms with van der Waals surface area (Å²) in [5.74, 6) is 1.72. The van der Waals surface area contributed by atoms with E-state index in [0.29, 0.717) is 6.10 Å². The molecule has 1 aliphatic heterocycles. The molecule has 1 saturated carbocycles. The molecule has 0 bridgehead atoms. The maximum Gasteiger partial charge on any atom is 0.0605 e. The average Bonchev–Trinajstić information content (AvgIpc) is 2.68. The van der Waals surface area contributed by atoms with E-state index in [1.807, 2.05) is 0 Å². The lowest BCUT2D eigenvalue weighted by Crippen LogP contribution is -2.50. The van der Waals surface area contributed by atoms with Crippen molar-refractivity contribution in [3.05, 3.63) is 0 Å². The van der Waals surface area contributed by atoms with Crippen LogP contribution in [0.25, 0.3) is 0 Å². The molecule has 172 valence electrons. The van der Waals surface area contributed by atoms with Crippen LogP contribution in [0.2, 0.25) is 0 Å². The van der Waals surface area contributed by atoms with Crippen molar-refractivity contribution in [2.45, 2.75) is 91.2 Å². The van der Waals surface area contributed by atoms with Gasteiger partial charge in [0.2, 0.25) is 0 Å². The molecule has 29 heavy (non-hydrogen) atoms. The van der Waals surface area contributed by atoms with Gasteiger partial charge in [-0.25, -0.2) is 0 Å². The Kier molecular flexibility index (Phi) is 12.1. The highest BCUT2D eigenvalue weighted by Gasteiger charge is 2.33. The van der Waals surface area contributed by atoms with E-state index in [1.165, 1.54) is 90.6 Å². The lowest BCUT2D eigenvalue weighted by Gasteiger charge is -2.42. The molecule has 2 rings (SSSR count). The van der Waals surface area contributed by atoms with Crippen LogP contribution in [0.5, 0.6) is 0 Å². The van der Waals surface area contributed by atoms with Gasteiger partial charge in [-0.1, -0.05) is 53.4 Å². The Balaban J connectivity index is 1.50. The van der Waals surface area contributed by atoms with E-state index in [2.05, 4.69) is 49.4 Å². The first-order valence-corrected chi connectivity index (χ1v) is 12.8. The SMILES string of the molecule is CCCCC(C)CN(C)[C@H]1C[C@H](OCCN2CCN(CC(CC)CCC)CC2)C1. The predicted molar refractivity (Wildman–Crippen MR) is 126 cm³/mol. The van der Waals surface area contributed by atoms with Gasteiger partial charge in [-0.2, -0.15) is 0 Å². The van der Waals surface area contributed by atoms with Crippen molar-refractivity contribution in [1.29, 1.82) is 0 Å². The fraction of sp³-hybridized carbons (Fsp3) is 1.00. The molecule has 1 heterocycles. The van der Waals surface area contributed by atoms with E-state index >= 15 is 0 Å². The molecular formula is C25H51N3O. The normalized spacial score (nSPS) is 25.9. The Morgan fingerprint density at radius 1 is 0.966 bits per heavy atom. The van der Waals surface area contributed by atoms with Gasteiger partial charge in [0.25, 0.3) is 0 Å².